The number of anilines is 1. The summed E-state index contributed by atoms with van der Waals surface area (Å²) in [6, 6.07) is 9.20. The first-order chi connectivity index (χ1) is 9.50. The third kappa shape index (κ3) is 3.03. The minimum Gasteiger partial charge on any atom is -0.479 e. The number of para-hydroxylation sites is 1. The molecule has 1 unspecified atom stereocenters. The van der Waals surface area contributed by atoms with Gasteiger partial charge in [-0.2, -0.15) is 0 Å². The molecule has 0 spiro atoms. The Hall–Kier alpha value is -1.78. The molecule has 2 aromatic carbocycles. The summed E-state index contributed by atoms with van der Waals surface area (Å²) in [5.41, 5.74) is 0.266. The van der Waals surface area contributed by atoms with E-state index in [4.69, 9.17) is 23.2 Å². The van der Waals surface area contributed by atoms with Crippen molar-refractivity contribution in [3.63, 3.8) is 0 Å². The van der Waals surface area contributed by atoms with E-state index in [-0.39, 0.29) is 21.3 Å². The minimum absolute atomic E-state index is 0.0656. The molecule has 0 amide bonds. The third-order valence-corrected chi connectivity index (χ3v) is 3.37. The topological polar surface area (TPSA) is 49.3 Å². The van der Waals surface area contributed by atoms with Crippen molar-refractivity contribution >= 4 is 34.9 Å². The van der Waals surface area contributed by atoms with Crippen LogP contribution in [-0.4, -0.2) is 11.1 Å². The fourth-order valence-corrected chi connectivity index (χ4v) is 2.39. The van der Waals surface area contributed by atoms with Gasteiger partial charge in [-0.25, -0.2) is 9.18 Å². The second-order valence-electron chi connectivity index (χ2n) is 4.03. The lowest BCUT2D eigenvalue weighted by Crippen LogP contribution is -2.21. The number of nitrogens with one attached hydrogen (secondary N) is 1. The van der Waals surface area contributed by atoms with Crippen molar-refractivity contribution in [3.05, 3.63) is 63.9 Å². The van der Waals surface area contributed by atoms with Gasteiger partial charge in [-0.3, -0.25) is 0 Å². The van der Waals surface area contributed by atoms with E-state index in [9.17, 15) is 14.3 Å². The van der Waals surface area contributed by atoms with Crippen LogP contribution in [0, 0.1) is 5.82 Å². The number of carboxylic acids is 1. The average molecular weight is 314 g/mol. The van der Waals surface area contributed by atoms with Gasteiger partial charge in [0.05, 0.1) is 5.69 Å². The number of hydrogen-bond donors (Lipinski definition) is 2. The summed E-state index contributed by atoms with van der Waals surface area (Å²) in [4.78, 5) is 11.4. The van der Waals surface area contributed by atoms with E-state index in [0.29, 0.717) is 0 Å². The molecule has 0 heterocycles. The molecule has 0 aromatic heterocycles. The van der Waals surface area contributed by atoms with Crippen LogP contribution in [-0.2, 0) is 4.79 Å². The van der Waals surface area contributed by atoms with Gasteiger partial charge in [-0.15, -0.1) is 0 Å². The first kappa shape index (κ1) is 14.6. The molecule has 0 aliphatic carbocycles. The second kappa shape index (κ2) is 6.11. The quantitative estimate of drug-likeness (QED) is 0.881. The van der Waals surface area contributed by atoms with E-state index >= 15 is 0 Å². The van der Waals surface area contributed by atoms with Gasteiger partial charge in [0.2, 0.25) is 0 Å². The summed E-state index contributed by atoms with van der Waals surface area (Å²) >= 11 is 12.0. The Bertz CT molecular complexity index is 629. The third-order valence-electron chi connectivity index (χ3n) is 2.71. The van der Waals surface area contributed by atoms with Crippen LogP contribution >= 0.6 is 23.2 Å². The fourth-order valence-electron chi connectivity index (χ4n) is 1.78. The Balaban J connectivity index is 2.43. The van der Waals surface area contributed by atoms with Crippen molar-refractivity contribution in [1.29, 1.82) is 0 Å². The summed E-state index contributed by atoms with van der Waals surface area (Å²) in [5.74, 6) is -1.76. The van der Waals surface area contributed by atoms with Crippen molar-refractivity contribution in [2.45, 2.75) is 6.04 Å². The smallest absolute Gasteiger partial charge is 0.330 e. The van der Waals surface area contributed by atoms with Crippen LogP contribution < -0.4 is 5.32 Å². The van der Waals surface area contributed by atoms with Gasteiger partial charge in [0.15, 0.2) is 6.04 Å². The first-order valence-electron chi connectivity index (χ1n) is 5.68. The van der Waals surface area contributed by atoms with Crippen LogP contribution in [0.25, 0.3) is 0 Å². The van der Waals surface area contributed by atoms with Crippen molar-refractivity contribution in [2.75, 3.05) is 5.32 Å². The Kier molecular flexibility index (Phi) is 4.47. The standard InChI is InChI=1S/C14H10Cl2FNO2/c15-8-4-3-5-9(16)12(8)13(14(19)20)18-11-7-2-1-6-10(11)17/h1-7,13,18H,(H,19,20). The molecule has 2 aromatic rings. The normalized spacial score (nSPS) is 11.9. The summed E-state index contributed by atoms with van der Waals surface area (Å²) < 4.78 is 13.6. The molecule has 0 radical (unpaired) electrons. The Morgan fingerprint density at radius 2 is 1.70 bits per heavy atom. The number of hydrogen-bond acceptors (Lipinski definition) is 2. The molecule has 0 bridgehead atoms. The van der Waals surface area contributed by atoms with Crippen LogP contribution in [0.4, 0.5) is 10.1 Å². The number of carboxylic acid groups (broad SMARTS) is 1. The van der Waals surface area contributed by atoms with Gasteiger partial charge in [-0.05, 0) is 24.3 Å². The maximum Gasteiger partial charge on any atom is 0.330 e. The average Bonchev–Trinajstić information content (AvgIpc) is 2.39. The molecule has 0 aliphatic rings. The highest BCUT2D eigenvalue weighted by molar-refractivity contribution is 6.36. The Morgan fingerprint density at radius 1 is 1.10 bits per heavy atom. The largest absolute Gasteiger partial charge is 0.479 e. The molecule has 104 valence electrons. The Morgan fingerprint density at radius 3 is 2.25 bits per heavy atom. The summed E-state index contributed by atoms with van der Waals surface area (Å²) in [6.07, 6.45) is 0. The monoisotopic (exact) mass is 313 g/mol. The zero-order chi connectivity index (χ0) is 14.7. The van der Waals surface area contributed by atoms with Crippen LogP contribution in [0.1, 0.15) is 11.6 Å². The summed E-state index contributed by atoms with van der Waals surface area (Å²) in [6.45, 7) is 0. The first-order valence-corrected chi connectivity index (χ1v) is 6.44. The lowest BCUT2D eigenvalue weighted by Gasteiger charge is -2.19. The van der Waals surface area contributed by atoms with Gasteiger partial charge in [0.1, 0.15) is 5.82 Å². The molecule has 0 fully saturated rings. The lowest BCUT2D eigenvalue weighted by atomic mass is 10.1. The van der Waals surface area contributed by atoms with Crippen LogP contribution in [0.15, 0.2) is 42.5 Å². The predicted molar refractivity (Wildman–Crippen MR) is 76.9 cm³/mol. The van der Waals surface area contributed by atoms with E-state index < -0.39 is 17.8 Å². The zero-order valence-corrected chi connectivity index (χ0v) is 11.6. The SMILES string of the molecule is O=C(O)C(Nc1ccccc1F)c1c(Cl)cccc1Cl. The lowest BCUT2D eigenvalue weighted by molar-refractivity contribution is -0.138. The maximum absolute atomic E-state index is 13.6. The van der Waals surface area contributed by atoms with E-state index in [0.717, 1.165) is 0 Å². The number of benzene rings is 2. The number of rotatable bonds is 4. The van der Waals surface area contributed by atoms with Gasteiger partial charge >= 0.3 is 5.97 Å². The summed E-state index contributed by atoms with van der Waals surface area (Å²) in [7, 11) is 0. The van der Waals surface area contributed by atoms with Gasteiger partial charge in [0, 0.05) is 15.6 Å². The highest BCUT2D eigenvalue weighted by Crippen LogP contribution is 2.33. The van der Waals surface area contributed by atoms with E-state index in [1.54, 1.807) is 12.1 Å². The molecule has 20 heavy (non-hydrogen) atoms. The van der Waals surface area contributed by atoms with Crippen LogP contribution in [0.5, 0.6) is 0 Å². The number of carbonyl (C=O) groups is 1. The second-order valence-corrected chi connectivity index (χ2v) is 4.85. The van der Waals surface area contributed by atoms with E-state index in [2.05, 4.69) is 5.32 Å². The minimum atomic E-state index is -1.24. The van der Waals surface area contributed by atoms with Crippen molar-refractivity contribution in [1.82, 2.24) is 0 Å². The molecule has 2 rings (SSSR count). The molecule has 6 heteroatoms. The van der Waals surface area contributed by atoms with Gasteiger partial charge in [-0.1, -0.05) is 41.4 Å². The van der Waals surface area contributed by atoms with Crippen molar-refractivity contribution < 1.29 is 14.3 Å². The highest BCUT2D eigenvalue weighted by atomic mass is 35.5. The molecule has 0 saturated heterocycles. The van der Waals surface area contributed by atoms with E-state index in [1.165, 1.54) is 30.3 Å². The summed E-state index contributed by atoms with van der Waals surface area (Å²) in [5, 5.41) is 12.3. The Labute approximate surface area is 124 Å². The zero-order valence-electron chi connectivity index (χ0n) is 10.1. The van der Waals surface area contributed by atoms with Crippen molar-refractivity contribution in [3.8, 4) is 0 Å². The van der Waals surface area contributed by atoms with Crippen LogP contribution in [0.2, 0.25) is 10.0 Å². The molecule has 3 nitrogen and oxygen atoms in total. The molecule has 1 atom stereocenters. The molecule has 0 saturated carbocycles. The van der Waals surface area contributed by atoms with Crippen LogP contribution in [0.3, 0.4) is 0 Å². The van der Waals surface area contributed by atoms with Gasteiger partial charge < -0.3 is 10.4 Å². The van der Waals surface area contributed by atoms with E-state index in [1.807, 2.05) is 0 Å². The van der Waals surface area contributed by atoms with Crippen molar-refractivity contribution in [2.24, 2.45) is 0 Å². The number of aliphatic carboxylic acids is 1. The fraction of sp³-hybridized carbons (Fsp3) is 0.0714. The van der Waals surface area contributed by atoms with Gasteiger partial charge in [0.25, 0.3) is 0 Å². The molecular formula is C14H10Cl2FNO2. The number of halogens is 3. The molecule has 2 N–H and O–H groups in total. The predicted octanol–water partition coefficient (Wildman–Crippen LogP) is 4.37. The highest BCUT2D eigenvalue weighted by Gasteiger charge is 2.25. The molecular weight excluding hydrogens is 304 g/mol. The molecule has 0 aliphatic heterocycles. The maximum atomic E-state index is 13.6.